The molecule has 0 amide bonds. The van der Waals surface area contributed by atoms with Crippen LogP contribution >= 0.6 is 0 Å². The molecule has 0 spiro atoms. The van der Waals surface area contributed by atoms with Crippen LogP contribution in [0.1, 0.15) is 37.9 Å². The maximum atomic E-state index is 13.8. The highest BCUT2D eigenvalue weighted by Crippen LogP contribution is 2.31. The molecule has 1 atom stereocenters. The summed E-state index contributed by atoms with van der Waals surface area (Å²) in [6.45, 7) is 2.83. The molecule has 1 aromatic carbocycles. The summed E-state index contributed by atoms with van der Waals surface area (Å²) in [6.07, 6.45) is 4.02. The number of halogens is 1. The van der Waals surface area contributed by atoms with E-state index in [4.69, 9.17) is 4.74 Å². The third kappa shape index (κ3) is 4.04. The summed E-state index contributed by atoms with van der Waals surface area (Å²) in [5, 5.41) is 4.61. The van der Waals surface area contributed by atoms with Gasteiger partial charge in [-0.2, -0.15) is 5.10 Å². The maximum Gasteiger partial charge on any atom is 0.214 e. The molecule has 160 valence electrons. The van der Waals surface area contributed by atoms with Crippen molar-refractivity contribution in [2.45, 2.75) is 32.1 Å². The first kappa shape index (κ1) is 20.7. The van der Waals surface area contributed by atoms with Gasteiger partial charge in [0.05, 0.1) is 12.9 Å². The van der Waals surface area contributed by atoms with Crippen LogP contribution in [0, 0.1) is 5.82 Å². The van der Waals surface area contributed by atoms with E-state index in [1.54, 1.807) is 28.2 Å². The first-order valence-corrected chi connectivity index (χ1v) is 11.7. The number of benzene rings is 1. The molecule has 1 saturated heterocycles. The molecule has 0 unspecified atom stereocenters. The van der Waals surface area contributed by atoms with Crippen LogP contribution in [0.15, 0.2) is 36.5 Å². The summed E-state index contributed by atoms with van der Waals surface area (Å²) in [5.41, 5.74) is 2.05. The van der Waals surface area contributed by atoms with Gasteiger partial charge >= 0.3 is 0 Å². The molecule has 1 fully saturated rings. The zero-order valence-electron chi connectivity index (χ0n) is 17.1. The van der Waals surface area contributed by atoms with Crippen LogP contribution in [-0.2, 0) is 10.0 Å². The van der Waals surface area contributed by atoms with Crippen LogP contribution in [0.25, 0.3) is 16.8 Å². The second-order valence-corrected chi connectivity index (χ2v) is 9.64. The molecule has 3 aromatic rings. The number of hydrogen-bond acceptors (Lipinski definition) is 5. The Bertz CT molecular complexity index is 1160. The average molecular weight is 433 g/mol. The van der Waals surface area contributed by atoms with Gasteiger partial charge in [-0.25, -0.2) is 26.6 Å². The van der Waals surface area contributed by atoms with Gasteiger partial charge in [0, 0.05) is 36.3 Å². The minimum absolute atomic E-state index is 0.0440. The lowest BCUT2D eigenvalue weighted by Gasteiger charge is -2.30. The van der Waals surface area contributed by atoms with Gasteiger partial charge in [-0.3, -0.25) is 0 Å². The van der Waals surface area contributed by atoms with Crippen molar-refractivity contribution >= 4 is 15.7 Å². The highest BCUT2D eigenvalue weighted by molar-refractivity contribution is 7.89. The van der Waals surface area contributed by atoms with Gasteiger partial charge in [-0.1, -0.05) is 6.92 Å². The van der Waals surface area contributed by atoms with Crippen molar-refractivity contribution in [3.8, 4) is 16.9 Å². The average Bonchev–Trinajstić information content (AvgIpc) is 3.17. The molecule has 9 heteroatoms. The highest BCUT2D eigenvalue weighted by Gasteiger charge is 2.31. The van der Waals surface area contributed by atoms with Crippen molar-refractivity contribution in [2.75, 3.05) is 26.0 Å². The normalized spacial score (nSPS) is 18.0. The Kier molecular flexibility index (Phi) is 5.75. The predicted octanol–water partition coefficient (Wildman–Crippen LogP) is 3.46. The summed E-state index contributed by atoms with van der Waals surface area (Å²) in [6, 6.07) is 8.05. The Morgan fingerprint density at radius 1 is 1.27 bits per heavy atom. The number of ether oxygens (including phenoxy) is 1. The summed E-state index contributed by atoms with van der Waals surface area (Å²) >= 11 is 0. The Morgan fingerprint density at radius 3 is 2.87 bits per heavy atom. The van der Waals surface area contributed by atoms with E-state index in [9.17, 15) is 12.8 Å². The summed E-state index contributed by atoms with van der Waals surface area (Å²) in [7, 11) is -1.69. The third-order valence-electron chi connectivity index (χ3n) is 5.42. The van der Waals surface area contributed by atoms with E-state index in [1.165, 1.54) is 12.1 Å². The number of methoxy groups -OCH3 is 1. The fraction of sp³-hybridized carbons (Fsp3) is 0.429. The van der Waals surface area contributed by atoms with Gasteiger partial charge in [-0.05, 0) is 49.6 Å². The molecule has 3 heterocycles. The maximum absolute atomic E-state index is 13.8. The van der Waals surface area contributed by atoms with Gasteiger partial charge in [0.2, 0.25) is 10.0 Å². The van der Waals surface area contributed by atoms with Gasteiger partial charge in [0.15, 0.2) is 11.5 Å². The lowest BCUT2D eigenvalue weighted by Crippen LogP contribution is -2.40. The van der Waals surface area contributed by atoms with Gasteiger partial charge < -0.3 is 4.74 Å². The predicted molar refractivity (Wildman–Crippen MR) is 113 cm³/mol. The Morgan fingerprint density at radius 2 is 2.10 bits per heavy atom. The molecule has 0 N–H and O–H groups in total. The Balaban J connectivity index is 1.64. The fourth-order valence-electron chi connectivity index (χ4n) is 3.93. The molecule has 4 rings (SSSR count). The number of piperidine rings is 1. The number of pyridine rings is 1. The topological polar surface area (TPSA) is 76.8 Å². The molecule has 2 aromatic heterocycles. The Labute approximate surface area is 175 Å². The van der Waals surface area contributed by atoms with Crippen LogP contribution in [0.3, 0.4) is 0 Å². The van der Waals surface area contributed by atoms with E-state index < -0.39 is 10.0 Å². The first-order chi connectivity index (χ1) is 14.4. The van der Waals surface area contributed by atoms with Crippen molar-refractivity contribution in [1.29, 1.82) is 0 Å². The largest absolute Gasteiger partial charge is 0.496 e. The van der Waals surface area contributed by atoms with Crippen LogP contribution in [-0.4, -0.2) is 53.3 Å². The number of rotatable bonds is 6. The molecule has 0 radical (unpaired) electrons. The molecular weight excluding hydrogens is 407 g/mol. The molecule has 30 heavy (non-hydrogen) atoms. The van der Waals surface area contributed by atoms with Gasteiger partial charge in [-0.15, -0.1) is 0 Å². The van der Waals surface area contributed by atoms with Crippen LogP contribution in [0.4, 0.5) is 4.39 Å². The number of aromatic nitrogens is 3. The Hall–Kier alpha value is -2.52. The molecule has 1 aliphatic heterocycles. The van der Waals surface area contributed by atoms with E-state index in [2.05, 4.69) is 10.1 Å². The second-order valence-electron chi connectivity index (χ2n) is 7.55. The molecular formula is C21H25FN4O3S. The standard InChI is InChI=1S/C21H25FN4O3S/c1-3-11-30(27,28)25-10-4-5-16(13-25)21-23-20-9-6-15(14-26(20)24-21)18-12-17(22)7-8-19(18)29-2/h6-9,12,14,16H,3-5,10-11,13H2,1-2H3/t16-/m1/s1. The van der Waals surface area contributed by atoms with E-state index in [1.807, 2.05) is 19.1 Å². The lowest BCUT2D eigenvalue weighted by molar-refractivity contribution is 0.309. The van der Waals surface area contributed by atoms with Crippen molar-refractivity contribution in [3.05, 3.63) is 48.2 Å². The van der Waals surface area contributed by atoms with Gasteiger partial charge in [0.1, 0.15) is 11.6 Å². The van der Waals surface area contributed by atoms with Crippen LogP contribution in [0.5, 0.6) is 5.75 Å². The minimum Gasteiger partial charge on any atom is -0.496 e. The molecule has 1 aliphatic rings. The number of sulfonamides is 1. The van der Waals surface area contributed by atoms with Crippen LogP contribution < -0.4 is 4.74 Å². The SMILES string of the molecule is CCCS(=O)(=O)N1CCC[C@@H](c2nc3ccc(-c4cc(F)ccc4OC)cn3n2)C1. The number of fused-ring (bicyclic) bond motifs is 1. The second kappa shape index (κ2) is 8.31. The van der Waals surface area contributed by atoms with Gasteiger partial charge in [0.25, 0.3) is 0 Å². The van der Waals surface area contributed by atoms with Crippen molar-refractivity contribution in [1.82, 2.24) is 18.9 Å². The van der Waals surface area contributed by atoms with E-state index in [-0.39, 0.29) is 17.5 Å². The minimum atomic E-state index is -3.24. The fourth-order valence-corrected chi connectivity index (χ4v) is 5.52. The van der Waals surface area contributed by atoms with Crippen molar-refractivity contribution in [3.63, 3.8) is 0 Å². The quantitative estimate of drug-likeness (QED) is 0.596. The lowest BCUT2D eigenvalue weighted by atomic mass is 9.99. The molecule has 0 aliphatic carbocycles. The molecule has 7 nitrogen and oxygen atoms in total. The van der Waals surface area contributed by atoms with Crippen LogP contribution in [0.2, 0.25) is 0 Å². The zero-order chi connectivity index (χ0) is 21.3. The first-order valence-electron chi connectivity index (χ1n) is 10.1. The van der Waals surface area contributed by atoms with E-state index in [0.29, 0.717) is 42.3 Å². The zero-order valence-corrected chi connectivity index (χ0v) is 17.9. The summed E-state index contributed by atoms with van der Waals surface area (Å²) in [5.74, 6) is 0.977. The van der Waals surface area contributed by atoms with Crippen molar-refractivity contribution in [2.24, 2.45) is 0 Å². The number of hydrogen-bond donors (Lipinski definition) is 0. The molecule has 0 bridgehead atoms. The third-order valence-corrected chi connectivity index (χ3v) is 7.47. The molecule has 0 saturated carbocycles. The summed E-state index contributed by atoms with van der Waals surface area (Å²) in [4.78, 5) is 4.62. The van der Waals surface area contributed by atoms with E-state index >= 15 is 0 Å². The number of nitrogens with zero attached hydrogens (tertiary/aromatic N) is 4. The van der Waals surface area contributed by atoms with E-state index in [0.717, 1.165) is 18.4 Å². The monoisotopic (exact) mass is 432 g/mol. The summed E-state index contributed by atoms with van der Waals surface area (Å²) < 4.78 is 47.3. The van der Waals surface area contributed by atoms with Crippen molar-refractivity contribution < 1.29 is 17.5 Å². The smallest absolute Gasteiger partial charge is 0.214 e. The highest BCUT2D eigenvalue weighted by atomic mass is 32.2.